The van der Waals surface area contributed by atoms with Crippen LogP contribution in [0.3, 0.4) is 0 Å². The van der Waals surface area contributed by atoms with Gasteiger partial charge in [-0.1, -0.05) is 12.1 Å². The van der Waals surface area contributed by atoms with Crippen LogP contribution in [0.4, 0.5) is 4.39 Å². The summed E-state index contributed by atoms with van der Waals surface area (Å²) in [6.07, 6.45) is 0. The topological polar surface area (TPSA) is 83.0 Å². The molecular weight excluding hydrogens is 301 g/mol. The summed E-state index contributed by atoms with van der Waals surface area (Å²) in [5, 5.41) is 9.23. The summed E-state index contributed by atoms with van der Waals surface area (Å²) < 4.78 is 14.4. The number of hydrogen-bond acceptors (Lipinski definition) is 4. The fourth-order valence-electron chi connectivity index (χ4n) is 2.63. The third-order valence-corrected chi connectivity index (χ3v) is 4.10. The Morgan fingerprint density at radius 2 is 2.13 bits per heavy atom. The Hall–Kier alpha value is -2.48. The lowest BCUT2D eigenvalue weighted by atomic mass is 10.2. The van der Waals surface area contributed by atoms with Crippen LogP contribution in [0.15, 0.2) is 29.1 Å². The zero-order valence-corrected chi connectivity index (χ0v) is 12.8. The van der Waals surface area contributed by atoms with Gasteiger partial charge in [-0.2, -0.15) is 5.10 Å². The normalized spacial score (nSPS) is 15.9. The van der Waals surface area contributed by atoms with Crippen LogP contribution in [0.25, 0.3) is 0 Å². The number of carbonyl (C=O) groups excluding carboxylic acids is 1. The monoisotopic (exact) mass is 319 g/mol. The smallest absolute Gasteiger partial charge is 0.343 e. The van der Waals surface area contributed by atoms with Gasteiger partial charge in [-0.05, 0) is 24.6 Å². The van der Waals surface area contributed by atoms with Crippen molar-refractivity contribution in [1.82, 2.24) is 25.0 Å². The third kappa shape index (κ3) is 3.31. The van der Waals surface area contributed by atoms with Crippen molar-refractivity contribution in [2.75, 3.05) is 6.54 Å². The van der Waals surface area contributed by atoms with Gasteiger partial charge in [0.15, 0.2) is 0 Å². The van der Waals surface area contributed by atoms with Gasteiger partial charge in [-0.25, -0.2) is 14.3 Å². The highest BCUT2D eigenvalue weighted by Gasteiger charge is 2.27. The van der Waals surface area contributed by atoms with Crippen molar-refractivity contribution in [3.8, 4) is 0 Å². The quantitative estimate of drug-likeness (QED) is 0.845. The third-order valence-electron chi connectivity index (χ3n) is 4.10. The highest BCUT2D eigenvalue weighted by Crippen LogP contribution is 2.11. The molecule has 1 atom stereocenters. The summed E-state index contributed by atoms with van der Waals surface area (Å²) in [5.74, 6) is 0.229. The number of rotatable bonds is 4. The number of fused-ring (bicyclic) bond motifs is 1. The minimum absolute atomic E-state index is 0.111. The predicted molar refractivity (Wildman–Crippen MR) is 81.0 cm³/mol. The van der Waals surface area contributed by atoms with E-state index in [0.717, 1.165) is 5.56 Å². The van der Waals surface area contributed by atoms with E-state index in [2.05, 4.69) is 15.5 Å². The molecule has 0 bridgehead atoms. The van der Waals surface area contributed by atoms with Crippen molar-refractivity contribution in [2.45, 2.75) is 32.6 Å². The Balaban J connectivity index is 1.57. The van der Waals surface area contributed by atoms with Crippen LogP contribution >= 0.6 is 0 Å². The van der Waals surface area contributed by atoms with Gasteiger partial charge in [0.2, 0.25) is 5.91 Å². The molecule has 1 aliphatic rings. The molecule has 2 N–H and O–H groups in total. The van der Waals surface area contributed by atoms with Gasteiger partial charge in [0.25, 0.3) is 0 Å². The van der Waals surface area contributed by atoms with E-state index in [4.69, 9.17) is 0 Å². The standard InChI is InChI=1S/C15H18FN5O2/c1-10(14(22)17-8-11-2-4-12(16)5-3-11)20-6-7-21-13(9-20)18-19-15(21)23/h2-5,10H,6-9H2,1H3,(H,17,22)(H,19,23). The molecule has 2 heterocycles. The average Bonchev–Trinajstić information content (AvgIpc) is 2.94. The summed E-state index contributed by atoms with van der Waals surface area (Å²) >= 11 is 0. The first-order valence-electron chi connectivity index (χ1n) is 7.45. The maximum absolute atomic E-state index is 12.9. The van der Waals surface area contributed by atoms with E-state index in [1.165, 1.54) is 12.1 Å². The van der Waals surface area contributed by atoms with Crippen molar-refractivity contribution in [3.05, 3.63) is 52.0 Å². The van der Waals surface area contributed by atoms with E-state index < -0.39 is 0 Å². The fraction of sp³-hybridized carbons (Fsp3) is 0.400. The minimum atomic E-state index is -0.337. The van der Waals surface area contributed by atoms with Crippen molar-refractivity contribution in [1.29, 1.82) is 0 Å². The Bertz CT molecular complexity index is 752. The molecule has 0 fully saturated rings. The number of H-pyrrole nitrogens is 1. The molecule has 0 saturated carbocycles. The van der Waals surface area contributed by atoms with E-state index >= 15 is 0 Å². The molecular formula is C15H18FN5O2. The second-order valence-electron chi connectivity index (χ2n) is 5.59. The van der Waals surface area contributed by atoms with Crippen LogP contribution in [0.2, 0.25) is 0 Å². The van der Waals surface area contributed by atoms with Gasteiger partial charge < -0.3 is 5.32 Å². The van der Waals surface area contributed by atoms with Crippen molar-refractivity contribution < 1.29 is 9.18 Å². The van der Waals surface area contributed by atoms with Gasteiger partial charge >= 0.3 is 5.69 Å². The lowest BCUT2D eigenvalue weighted by Gasteiger charge is -2.31. The van der Waals surface area contributed by atoms with E-state index in [9.17, 15) is 14.0 Å². The second kappa shape index (κ2) is 6.33. The molecule has 0 radical (unpaired) electrons. The molecule has 1 aliphatic heterocycles. The number of nitrogens with one attached hydrogen (secondary N) is 2. The SMILES string of the molecule is CC(C(=O)NCc1ccc(F)cc1)N1CCn2c(n[nH]c2=O)C1. The molecule has 1 aromatic carbocycles. The number of aromatic nitrogens is 3. The van der Waals surface area contributed by atoms with Crippen molar-refractivity contribution >= 4 is 5.91 Å². The molecule has 1 amide bonds. The number of halogens is 1. The molecule has 2 aromatic rings. The van der Waals surface area contributed by atoms with E-state index in [1.54, 1.807) is 16.7 Å². The van der Waals surface area contributed by atoms with E-state index in [1.807, 2.05) is 11.8 Å². The molecule has 122 valence electrons. The van der Waals surface area contributed by atoms with Gasteiger partial charge in [0.05, 0.1) is 12.6 Å². The zero-order chi connectivity index (χ0) is 16.4. The number of nitrogens with zero attached hydrogens (tertiary/aromatic N) is 3. The highest BCUT2D eigenvalue weighted by molar-refractivity contribution is 5.81. The minimum Gasteiger partial charge on any atom is -0.351 e. The fourth-order valence-corrected chi connectivity index (χ4v) is 2.63. The zero-order valence-electron chi connectivity index (χ0n) is 12.8. The number of aromatic amines is 1. The Morgan fingerprint density at radius 3 is 2.87 bits per heavy atom. The number of benzene rings is 1. The van der Waals surface area contributed by atoms with E-state index in [0.29, 0.717) is 32.0 Å². The predicted octanol–water partition coefficient (Wildman–Crippen LogP) is 0.231. The summed E-state index contributed by atoms with van der Waals surface area (Å²) in [6, 6.07) is 5.68. The lowest BCUT2D eigenvalue weighted by molar-refractivity contribution is -0.126. The van der Waals surface area contributed by atoms with Crippen molar-refractivity contribution in [3.63, 3.8) is 0 Å². The van der Waals surface area contributed by atoms with E-state index in [-0.39, 0.29) is 23.5 Å². The summed E-state index contributed by atoms with van der Waals surface area (Å²) in [6.45, 7) is 3.74. The molecule has 7 nitrogen and oxygen atoms in total. The van der Waals surface area contributed by atoms with Crippen LogP contribution in [0.1, 0.15) is 18.3 Å². The van der Waals surface area contributed by atoms with Crippen LogP contribution in [0, 0.1) is 5.82 Å². The first-order chi connectivity index (χ1) is 11.0. The first-order valence-corrected chi connectivity index (χ1v) is 7.45. The van der Waals surface area contributed by atoms with Crippen LogP contribution in [0.5, 0.6) is 0 Å². The maximum atomic E-state index is 12.9. The summed E-state index contributed by atoms with van der Waals surface area (Å²) in [5.41, 5.74) is 0.625. The lowest BCUT2D eigenvalue weighted by Crippen LogP contribution is -2.48. The summed E-state index contributed by atoms with van der Waals surface area (Å²) in [4.78, 5) is 25.7. The first kappa shape index (κ1) is 15.4. The van der Waals surface area contributed by atoms with Crippen LogP contribution in [-0.4, -0.2) is 38.2 Å². The van der Waals surface area contributed by atoms with Gasteiger partial charge in [-0.15, -0.1) is 0 Å². The molecule has 0 spiro atoms. The Morgan fingerprint density at radius 1 is 1.39 bits per heavy atom. The highest BCUT2D eigenvalue weighted by atomic mass is 19.1. The average molecular weight is 319 g/mol. The molecule has 3 rings (SSSR count). The van der Waals surface area contributed by atoms with Gasteiger partial charge in [0, 0.05) is 19.6 Å². The molecule has 0 aliphatic carbocycles. The number of amides is 1. The Kier molecular flexibility index (Phi) is 4.24. The largest absolute Gasteiger partial charge is 0.351 e. The molecule has 8 heteroatoms. The second-order valence-corrected chi connectivity index (χ2v) is 5.59. The van der Waals surface area contributed by atoms with Gasteiger partial charge in [-0.3, -0.25) is 14.3 Å². The maximum Gasteiger partial charge on any atom is 0.343 e. The molecule has 1 unspecified atom stereocenters. The summed E-state index contributed by atoms with van der Waals surface area (Å²) in [7, 11) is 0. The molecule has 23 heavy (non-hydrogen) atoms. The Labute approximate surface area is 132 Å². The van der Waals surface area contributed by atoms with Crippen LogP contribution in [-0.2, 0) is 24.4 Å². The molecule has 1 aromatic heterocycles. The van der Waals surface area contributed by atoms with Crippen LogP contribution < -0.4 is 11.0 Å². The van der Waals surface area contributed by atoms with Gasteiger partial charge in [0.1, 0.15) is 11.6 Å². The number of hydrogen-bond donors (Lipinski definition) is 2. The molecule has 0 saturated heterocycles. The number of carbonyl (C=O) groups is 1. The van der Waals surface area contributed by atoms with Crippen molar-refractivity contribution in [2.24, 2.45) is 0 Å².